The van der Waals surface area contributed by atoms with Crippen LogP contribution in [0.5, 0.6) is 0 Å². The Morgan fingerprint density at radius 1 is 0.944 bits per heavy atom. The van der Waals surface area contributed by atoms with Crippen molar-refractivity contribution < 1.29 is 9.53 Å². The molecule has 18 heavy (non-hydrogen) atoms. The second-order valence-electron chi connectivity index (χ2n) is 4.18. The highest BCUT2D eigenvalue weighted by molar-refractivity contribution is 5.94. The Hall–Kier alpha value is -2.35. The summed E-state index contributed by atoms with van der Waals surface area (Å²) in [5.74, 6) is -0.242. The van der Waals surface area contributed by atoms with Crippen LogP contribution >= 0.6 is 0 Å². The molecule has 3 rings (SSSR count). The lowest BCUT2D eigenvalue weighted by Crippen LogP contribution is -1.95. The number of esters is 1. The Labute approximate surface area is 106 Å². The maximum absolute atomic E-state index is 11.6. The van der Waals surface area contributed by atoms with Gasteiger partial charge in [-0.1, -0.05) is 54.6 Å². The first-order valence-corrected chi connectivity index (χ1v) is 5.88. The summed E-state index contributed by atoms with van der Waals surface area (Å²) >= 11 is 0. The Morgan fingerprint density at radius 3 is 2.50 bits per heavy atom. The average Bonchev–Trinajstić information content (AvgIpc) is 2.75. The van der Waals surface area contributed by atoms with Gasteiger partial charge in [0, 0.05) is 5.56 Å². The van der Waals surface area contributed by atoms with Crippen LogP contribution in [-0.4, -0.2) is 5.97 Å². The highest BCUT2D eigenvalue weighted by Gasteiger charge is 2.28. The standard InChI is InChI=1S/C16H12O2/c17-16-14-9-5-4-8-13(14)15(18-16)11-10-12-6-2-1-3-7-12/h1-11,15H. The van der Waals surface area contributed by atoms with Gasteiger partial charge in [0.25, 0.3) is 0 Å². The quantitative estimate of drug-likeness (QED) is 0.744. The SMILES string of the molecule is O=C1OC(C=Cc2ccccc2)c2ccccc21. The van der Waals surface area contributed by atoms with Crippen molar-refractivity contribution in [1.29, 1.82) is 0 Å². The van der Waals surface area contributed by atoms with Gasteiger partial charge in [0.1, 0.15) is 6.10 Å². The van der Waals surface area contributed by atoms with Gasteiger partial charge in [0.2, 0.25) is 0 Å². The molecule has 0 saturated carbocycles. The molecule has 0 amide bonds. The molecule has 0 fully saturated rings. The molecule has 0 N–H and O–H groups in total. The van der Waals surface area contributed by atoms with Gasteiger partial charge in [-0.2, -0.15) is 0 Å². The maximum Gasteiger partial charge on any atom is 0.339 e. The summed E-state index contributed by atoms with van der Waals surface area (Å²) in [6.45, 7) is 0. The van der Waals surface area contributed by atoms with E-state index in [2.05, 4.69) is 0 Å². The molecule has 0 saturated heterocycles. The van der Waals surface area contributed by atoms with Gasteiger partial charge in [0.15, 0.2) is 0 Å². The van der Waals surface area contributed by atoms with Crippen LogP contribution < -0.4 is 0 Å². The zero-order chi connectivity index (χ0) is 12.4. The van der Waals surface area contributed by atoms with E-state index in [4.69, 9.17) is 4.74 Å². The number of carbonyl (C=O) groups is 1. The van der Waals surface area contributed by atoms with E-state index in [1.165, 1.54) is 0 Å². The number of cyclic esters (lactones) is 1. The largest absolute Gasteiger partial charge is 0.450 e. The summed E-state index contributed by atoms with van der Waals surface area (Å²) in [5, 5.41) is 0. The van der Waals surface area contributed by atoms with Crippen LogP contribution in [0.1, 0.15) is 27.6 Å². The molecule has 0 bridgehead atoms. The molecule has 1 atom stereocenters. The van der Waals surface area contributed by atoms with Crippen LogP contribution in [0.25, 0.3) is 6.08 Å². The van der Waals surface area contributed by atoms with Crippen molar-refractivity contribution >= 4 is 12.0 Å². The van der Waals surface area contributed by atoms with E-state index in [1.54, 1.807) is 6.07 Å². The lowest BCUT2D eigenvalue weighted by Gasteiger charge is -2.04. The second-order valence-corrected chi connectivity index (χ2v) is 4.18. The fourth-order valence-electron chi connectivity index (χ4n) is 2.08. The minimum Gasteiger partial charge on any atom is -0.450 e. The third-order valence-electron chi connectivity index (χ3n) is 2.98. The minimum atomic E-state index is -0.270. The van der Waals surface area contributed by atoms with E-state index in [1.807, 2.05) is 60.7 Å². The Bertz CT molecular complexity index is 600. The molecular weight excluding hydrogens is 224 g/mol. The summed E-state index contributed by atoms with van der Waals surface area (Å²) in [4.78, 5) is 11.6. The first kappa shape index (κ1) is 10.8. The van der Waals surface area contributed by atoms with Crippen LogP contribution in [0, 0.1) is 0 Å². The van der Waals surface area contributed by atoms with E-state index in [-0.39, 0.29) is 12.1 Å². The van der Waals surface area contributed by atoms with Crippen LogP contribution in [0.15, 0.2) is 60.7 Å². The van der Waals surface area contributed by atoms with Crippen molar-refractivity contribution in [2.75, 3.05) is 0 Å². The van der Waals surface area contributed by atoms with Crippen LogP contribution in [0.4, 0.5) is 0 Å². The van der Waals surface area contributed by atoms with Crippen molar-refractivity contribution in [2.45, 2.75) is 6.10 Å². The van der Waals surface area contributed by atoms with E-state index >= 15 is 0 Å². The highest BCUT2D eigenvalue weighted by atomic mass is 16.5. The monoisotopic (exact) mass is 236 g/mol. The van der Waals surface area contributed by atoms with Gasteiger partial charge in [0.05, 0.1) is 5.56 Å². The number of ether oxygens (including phenoxy) is 1. The molecule has 0 spiro atoms. The zero-order valence-electron chi connectivity index (χ0n) is 9.74. The molecule has 1 aliphatic rings. The van der Waals surface area contributed by atoms with Crippen molar-refractivity contribution in [2.24, 2.45) is 0 Å². The normalized spacial score (nSPS) is 17.8. The lowest BCUT2D eigenvalue weighted by atomic mass is 10.0. The molecule has 1 aliphatic heterocycles. The molecule has 2 nitrogen and oxygen atoms in total. The number of rotatable bonds is 2. The molecular formula is C16H12O2. The number of hydrogen-bond donors (Lipinski definition) is 0. The lowest BCUT2D eigenvalue weighted by molar-refractivity contribution is 0.0468. The predicted octanol–water partition coefficient (Wildman–Crippen LogP) is 3.61. The number of fused-ring (bicyclic) bond motifs is 1. The molecule has 0 aliphatic carbocycles. The molecule has 2 aromatic rings. The van der Waals surface area contributed by atoms with Gasteiger partial charge >= 0.3 is 5.97 Å². The molecule has 0 aromatic heterocycles. The zero-order valence-corrected chi connectivity index (χ0v) is 9.74. The molecule has 0 radical (unpaired) electrons. The smallest absolute Gasteiger partial charge is 0.339 e. The van der Waals surface area contributed by atoms with E-state index in [9.17, 15) is 4.79 Å². The van der Waals surface area contributed by atoms with Crippen LogP contribution in [0.3, 0.4) is 0 Å². The fraction of sp³-hybridized carbons (Fsp3) is 0.0625. The van der Waals surface area contributed by atoms with Crippen molar-refractivity contribution in [3.05, 3.63) is 77.4 Å². The van der Waals surface area contributed by atoms with Gasteiger partial charge in [-0.05, 0) is 17.7 Å². The van der Waals surface area contributed by atoms with Crippen molar-refractivity contribution in [1.82, 2.24) is 0 Å². The molecule has 1 heterocycles. The summed E-state index contributed by atoms with van der Waals surface area (Å²) < 4.78 is 5.33. The summed E-state index contributed by atoms with van der Waals surface area (Å²) in [5.41, 5.74) is 2.70. The fourth-order valence-corrected chi connectivity index (χ4v) is 2.08. The molecule has 1 unspecified atom stereocenters. The summed E-state index contributed by atoms with van der Waals surface area (Å²) in [6, 6.07) is 17.5. The van der Waals surface area contributed by atoms with E-state index < -0.39 is 0 Å². The number of carbonyl (C=O) groups excluding carboxylic acids is 1. The van der Waals surface area contributed by atoms with Gasteiger partial charge in [-0.3, -0.25) is 0 Å². The van der Waals surface area contributed by atoms with E-state index in [0.717, 1.165) is 11.1 Å². The van der Waals surface area contributed by atoms with Gasteiger partial charge in [-0.25, -0.2) is 4.79 Å². The van der Waals surface area contributed by atoms with Crippen molar-refractivity contribution in [3.63, 3.8) is 0 Å². The number of hydrogen-bond acceptors (Lipinski definition) is 2. The Morgan fingerprint density at radius 2 is 1.67 bits per heavy atom. The minimum absolute atomic E-state index is 0.242. The van der Waals surface area contributed by atoms with Gasteiger partial charge < -0.3 is 4.74 Å². The third kappa shape index (κ3) is 1.93. The summed E-state index contributed by atoms with van der Waals surface area (Å²) in [6.07, 6.45) is 3.62. The van der Waals surface area contributed by atoms with E-state index in [0.29, 0.717) is 5.56 Å². The van der Waals surface area contributed by atoms with Crippen molar-refractivity contribution in [3.8, 4) is 0 Å². The summed E-state index contributed by atoms with van der Waals surface area (Å²) in [7, 11) is 0. The van der Waals surface area contributed by atoms with Crippen LogP contribution in [0.2, 0.25) is 0 Å². The van der Waals surface area contributed by atoms with Gasteiger partial charge in [-0.15, -0.1) is 0 Å². The Balaban J connectivity index is 1.88. The first-order chi connectivity index (χ1) is 8.84. The maximum atomic E-state index is 11.6. The Kier molecular flexibility index (Phi) is 2.69. The van der Waals surface area contributed by atoms with Crippen LogP contribution in [-0.2, 0) is 4.74 Å². The third-order valence-corrected chi connectivity index (χ3v) is 2.98. The number of benzene rings is 2. The molecule has 2 heteroatoms. The molecule has 2 aromatic carbocycles. The average molecular weight is 236 g/mol. The first-order valence-electron chi connectivity index (χ1n) is 5.88. The topological polar surface area (TPSA) is 26.3 Å². The second kappa shape index (κ2) is 4.49. The highest BCUT2D eigenvalue weighted by Crippen LogP contribution is 2.31. The molecule has 88 valence electrons. The predicted molar refractivity (Wildman–Crippen MR) is 70.1 cm³/mol.